The molecule has 0 aliphatic carbocycles. The van der Waals surface area contributed by atoms with Crippen molar-refractivity contribution in [3.63, 3.8) is 0 Å². The predicted octanol–water partition coefficient (Wildman–Crippen LogP) is 8.99. The Bertz CT molecular complexity index is 962. The van der Waals surface area contributed by atoms with Crippen LogP contribution in [0.1, 0.15) is 64.4 Å². The lowest BCUT2D eigenvalue weighted by Crippen LogP contribution is -1.97. The number of ether oxygens (including phenoxy) is 1. The fourth-order valence-corrected chi connectivity index (χ4v) is 3.93. The van der Waals surface area contributed by atoms with Gasteiger partial charge in [-0.3, -0.25) is 0 Å². The Balaban J connectivity index is 1.59. The maximum Gasteiger partial charge on any atom is 0.166 e. The molecule has 0 aliphatic heterocycles. The molecule has 0 saturated carbocycles. The van der Waals surface area contributed by atoms with E-state index in [1.54, 1.807) is 12.1 Å². The molecule has 0 heterocycles. The van der Waals surface area contributed by atoms with Crippen molar-refractivity contribution < 1.29 is 13.5 Å². The molecule has 3 aromatic rings. The van der Waals surface area contributed by atoms with Crippen LogP contribution in [0, 0.1) is 11.6 Å². The summed E-state index contributed by atoms with van der Waals surface area (Å²) in [4.78, 5) is 0. The Morgan fingerprint density at radius 1 is 0.594 bits per heavy atom. The monoisotopic (exact) mass is 436 g/mol. The van der Waals surface area contributed by atoms with E-state index < -0.39 is 11.6 Å². The van der Waals surface area contributed by atoms with Gasteiger partial charge in [0.25, 0.3) is 0 Å². The standard InChI is InChI=1S/C29H34F2O/c1-3-5-6-7-8-9-21-32-26-18-15-23(16-19-26)22-11-13-24(14-12-22)27-20-17-25(10-4-2)28(30)29(27)31/h11-20H,3-10,21H2,1-2H3. The molecule has 1 nitrogen and oxygen atoms in total. The van der Waals surface area contributed by atoms with Gasteiger partial charge in [-0.25, -0.2) is 8.78 Å². The van der Waals surface area contributed by atoms with Crippen molar-refractivity contribution in [1.82, 2.24) is 0 Å². The molecular weight excluding hydrogens is 402 g/mol. The molecule has 0 aromatic heterocycles. The van der Waals surface area contributed by atoms with Crippen molar-refractivity contribution in [3.05, 3.63) is 77.9 Å². The molecule has 0 bridgehead atoms. The summed E-state index contributed by atoms with van der Waals surface area (Å²) in [5.41, 5.74) is 3.50. The van der Waals surface area contributed by atoms with E-state index >= 15 is 0 Å². The fraction of sp³-hybridized carbons (Fsp3) is 0.379. The molecule has 170 valence electrons. The normalized spacial score (nSPS) is 11.0. The molecular formula is C29H34F2O. The van der Waals surface area contributed by atoms with E-state index in [4.69, 9.17) is 4.74 Å². The number of hydrogen-bond acceptors (Lipinski definition) is 1. The van der Waals surface area contributed by atoms with Gasteiger partial charge < -0.3 is 4.74 Å². The highest BCUT2D eigenvalue weighted by Gasteiger charge is 2.14. The van der Waals surface area contributed by atoms with E-state index in [9.17, 15) is 8.78 Å². The molecule has 0 atom stereocenters. The van der Waals surface area contributed by atoms with Gasteiger partial charge in [0.05, 0.1) is 6.61 Å². The van der Waals surface area contributed by atoms with Crippen molar-refractivity contribution >= 4 is 0 Å². The number of halogens is 2. The Morgan fingerprint density at radius 2 is 1.19 bits per heavy atom. The third-order valence-corrected chi connectivity index (χ3v) is 5.83. The van der Waals surface area contributed by atoms with Crippen LogP contribution in [0.3, 0.4) is 0 Å². The zero-order valence-corrected chi connectivity index (χ0v) is 19.3. The Kier molecular flexibility index (Phi) is 9.27. The van der Waals surface area contributed by atoms with Crippen LogP contribution in [0.25, 0.3) is 22.3 Å². The Morgan fingerprint density at radius 3 is 1.84 bits per heavy atom. The molecule has 3 heteroatoms. The van der Waals surface area contributed by atoms with E-state index in [0.29, 0.717) is 23.1 Å². The zero-order valence-electron chi connectivity index (χ0n) is 19.3. The van der Waals surface area contributed by atoms with E-state index in [1.807, 2.05) is 55.5 Å². The smallest absolute Gasteiger partial charge is 0.166 e. The third kappa shape index (κ3) is 6.41. The Labute approximate surface area is 191 Å². The SMILES string of the molecule is CCCCCCCCOc1ccc(-c2ccc(-c3ccc(CCC)c(F)c3F)cc2)cc1. The average molecular weight is 437 g/mol. The summed E-state index contributed by atoms with van der Waals surface area (Å²) in [5, 5.41) is 0. The topological polar surface area (TPSA) is 9.23 Å². The maximum absolute atomic E-state index is 14.6. The summed E-state index contributed by atoms with van der Waals surface area (Å²) >= 11 is 0. The molecule has 0 unspecified atom stereocenters. The summed E-state index contributed by atoms with van der Waals surface area (Å²) in [6.45, 7) is 4.94. The van der Waals surface area contributed by atoms with Crippen molar-refractivity contribution in [3.8, 4) is 28.0 Å². The van der Waals surface area contributed by atoms with E-state index in [-0.39, 0.29) is 0 Å². The van der Waals surface area contributed by atoms with E-state index in [0.717, 1.165) is 36.3 Å². The number of aryl methyl sites for hydroxylation is 1. The van der Waals surface area contributed by atoms with Crippen molar-refractivity contribution in [1.29, 1.82) is 0 Å². The van der Waals surface area contributed by atoms with E-state index in [1.165, 1.54) is 32.1 Å². The lowest BCUT2D eigenvalue weighted by molar-refractivity contribution is 0.304. The van der Waals surface area contributed by atoms with Crippen LogP contribution in [-0.2, 0) is 6.42 Å². The first-order valence-corrected chi connectivity index (χ1v) is 11.9. The van der Waals surface area contributed by atoms with E-state index in [2.05, 4.69) is 6.92 Å². The molecule has 32 heavy (non-hydrogen) atoms. The predicted molar refractivity (Wildman–Crippen MR) is 130 cm³/mol. The zero-order chi connectivity index (χ0) is 22.8. The van der Waals surface area contributed by atoms with Gasteiger partial charge in [-0.1, -0.05) is 101 Å². The second-order valence-electron chi connectivity index (χ2n) is 8.37. The fourth-order valence-electron chi connectivity index (χ4n) is 3.93. The number of unbranched alkanes of at least 4 members (excludes halogenated alkanes) is 5. The third-order valence-electron chi connectivity index (χ3n) is 5.83. The van der Waals surface area contributed by atoms with Crippen molar-refractivity contribution in [2.24, 2.45) is 0 Å². The number of rotatable bonds is 12. The van der Waals surface area contributed by atoms with Gasteiger partial charge in [-0.05, 0) is 47.2 Å². The molecule has 0 radical (unpaired) electrons. The largest absolute Gasteiger partial charge is 0.494 e. The minimum atomic E-state index is -0.768. The van der Waals surface area contributed by atoms with Crippen LogP contribution in [0.15, 0.2) is 60.7 Å². The molecule has 0 amide bonds. The lowest BCUT2D eigenvalue weighted by atomic mass is 9.98. The summed E-state index contributed by atoms with van der Waals surface area (Å²) in [6.07, 6.45) is 8.82. The summed E-state index contributed by atoms with van der Waals surface area (Å²) in [6, 6.07) is 19.0. The number of hydrogen-bond donors (Lipinski definition) is 0. The minimum absolute atomic E-state index is 0.298. The molecule has 0 N–H and O–H groups in total. The van der Waals surface area contributed by atoms with Crippen LogP contribution >= 0.6 is 0 Å². The molecule has 0 spiro atoms. The number of benzene rings is 3. The van der Waals surface area contributed by atoms with Crippen molar-refractivity contribution in [2.45, 2.75) is 65.2 Å². The summed E-state index contributed by atoms with van der Waals surface area (Å²) in [7, 11) is 0. The van der Waals surface area contributed by atoms with Crippen LogP contribution in [-0.4, -0.2) is 6.61 Å². The van der Waals surface area contributed by atoms with Gasteiger partial charge in [-0.2, -0.15) is 0 Å². The van der Waals surface area contributed by atoms with Crippen LogP contribution in [0.4, 0.5) is 8.78 Å². The van der Waals surface area contributed by atoms with Gasteiger partial charge in [0.15, 0.2) is 11.6 Å². The van der Waals surface area contributed by atoms with Crippen LogP contribution in [0.2, 0.25) is 0 Å². The highest BCUT2D eigenvalue weighted by atomic mass is 19.2. The van der Waals surface area contributed by atoms with Gasteiger partial charge >= 0.3 is 0 Å². The van der Waals surface area contributed by atoms with Gasteiger partial charge in [0.2, 0.25) is 0 Å². The molecule has 3 rings (SSSR count). The molecule has 0 fully saturated rings. The van der Waals surface area contributed by atoms with Gasteiger partial charge in [0, 0.05) is 5.56 Å². The maximum atomic E-state index is 14.6. The first-order chi connectivity index (χ1) is 15.6. The first kappa shape index (κ1) is 24.0. The highest BCUT2D eigenvalue weighted by Crippen LogP contribution is 2.30. The lowest BCUT2D eigenvalue weighted by Gasteiger charge is -2.10. The molecule has 3 aromatic carbocycles. The second-order valence-corrected chi connectivity index (χ2v) is 8.37. The van der Waals surface area contributed by atoms with Crippen LogP contribution in [0.5, 0.6) is 5.75 Å². The summed E-state index contributed by atoms with van der Waals surface area (Å²) < 4.78 is 34.7. The van der Waals surface area contributed by atoms with Gasteiger partial charge in [0.1, 0.15) is 5.75 Å². The average Bonchev–Trinajstić information content (AvgIpc) is 2.82. The first-order valence-electron chi connectivity index (χ1n) is 11.9. The van der Waals surface area contributed by atoms with Crippen LogP contribution < -0.4 is 4.74 Å². The second kappa shape index (κ2) is 12.4. The molecule has 0 saturated heterocycles. The summed E-state index contributed by atoms with van der Waals surface area (Å²) in [5.74, 6) is -0.621. The quantitative estimate of drug-likeness (QED) is 0.257. The minimum Gasteiger partial charge on any atom is -0.494 e. The molecule has 0 aliphatic rings. The van der Waals surface area contributed by atoms with Gasteiger partial charge in [-0.15, -0.1) is 0 Å². The Hall–Kier alpha value is -2.68. The highest BCUT2D eigenvalue weighted by molar-refractivity contribution is 5.71. The van der Waals surface area contributed by atoms with Crippen molar-refractivity contribution in [2.75, 3.05) is 6.61 Å².